The van der Waals surface area contributed by atoms with Gasteiger partial charge in [-0.05, 0) is 19.1 Å². The van der Waals surface area contributed by atoms with Gasteiger partial charge in [0.2, 0.25) is 0 Å². The van der Waals surface area contributed by atoms with Gasteiger partial charge in [0, 0.05) is 19.8 Å². The van der Waals surface area contributed by atoms with Gasteiger partial charge in [0.1, 0.15) is 10.7 Å². The molecular formula is C12H17N3O2S. The van der Waals surface area contributed by atoms with E-state index in [1.807, 2.05) is 18.0 Å². The molecule has 6 heteroatoms. The molecule has 0 unspecified atom stereocenters. The molecule has 0 saturated heterocycles. The predicted molar refractivity (Wildman–Crippen MR) is 74.6 cm³/mol. The largest absolute Gasteiger partial charge is 0.466 e. The molecule has 0 amide bonds. The maximum atomic E-state index is 11.3. The molecule has 0 atom stereocenters. The normalized spacial score (nSPS) is 9.89. The SMILES string of the molecule is CCOC(=O)CCN(C)c1cccnc1C(N)=S. The molecule has 0 bridgehead atoms. The summed E-state index contributed by atoms with van der Waals surface area (Å²) in [6.07, 6.45) is 1.95. The molecule has 0 fully saturated rings. The fraction of sp³-hybridized carbons (Fsp3) is 0.417. The number of rotatable bonds is 6. The number of ether oxygens (including phenoxy) is 1. The van der Waals surface area contributed by atoms with Crippen LogP contribution in [0.25, 0.3) is 0 Å². The second-order valence-corrected chi connectivity index (χ2v) is 4.15. The molecular weight excluding hydrogens is 250 g/mol. The zero-order chi connectivity index (χ0) is 13.5. The third-order valence-corrected chi connectivity index (χ3v) is 2.58. The summed E-state index contributed by atoms with van der Waals surface area (Å²) in [5.41, 5.74) is 6.99. The third kappa shape index (κ3) is 3.96. The number of aromatic nitrogens is 1. The molecule has 1 aromatic rings. The molecule has 18 heavy (non-hydrogen) atoms. The summed E-state index contributed by atoms with van der Waals surface area (Å²) in [4.78, 5) is 17.6. The fourth-order valence-corrected chi connectivity index (χ4v) is 1.66. The first kappa shape index (κ1) is 14.4. The second kappa shape index (κ2) is 6.90. The minimum absolute atomic E-state index is 0.217. The van der Waals surface area contributed by atoms with E-state index < -0.39 is 0 Å². The summed E-state index contributed by atoms with van der Waals surface area (Å²) in [5.74, 6) is -0.217. The zero-order valence-electron chi connectivity index (χ0n) is 10.5. The van der Waals surface area contributed by atoms with Crippen molar-refractivity contribution in [3.63, 3.8) is 0 Å². The molecule has 1 aromatic heterocycles. The number of nitrogens with zero attached hydrogens (tertiary/aromatic N) is 2. The molecule has 0 spiro atoms. The monoisotopic (exact) mass is 267 g/mol. The van der Waals surface area contributed by atoms with Crippen LogP contribution in [0, 0.1) is 0 Å². The molecule has 98 valence electrons. The summed E-state index contributed by atoms with van der Waals surface area (Å²) >= 11 is 4.94. The van der Waals surface area contributed by atoms with Gasteiger partial charge < -0.3 is 15.4 Å². The Labute approximate surface area is 112 Å². The topological polar surface area (TPSA) is 68.5 Å². The van der Waals surface area contributed by atoms with Crippen LogP contribution in [0.5, 0.6) is 0 Å². The van der Waals surface area contributed by atoms with Gasteiger partial charge in [-0.25, -0.2) is 0 Å². The first-order valence-corrected chi connectivity index (χ1v) is 6.08. The Balaban J connectivity index is 2.69. The van der Waals surface area contributed by atoms with Crippen molar-refractivity contribution in [3.8, 4) is 0 Å². The van der Waals surface area contributed by atoms with Crippen molar-refractivity contribution < 1.29 is 9.53 Å². The smallest absolute Gasteiger partial charge is 0.307 e. The average Bonchev–Trinajstić information content (AvgIpc) is 2.36. The van der Waals surface area contributed by atoms with E-state index >= 15 is 0 Å². The van der Waals surface area contributed by atoms with E-state index in [1.54, 1.807) is 19.2 Å². The highest BCUT2D eigenvalue weighted by Crippen LogP contribution is 2.16. The summed E-state index contributed by atoms with van der Waals surface area (Å²) < 4.78 is 4.87. The van der Waals surface area contributed by atoms with Crippen molar-refractivity contribution in [3.05, 3.63) is 24.0 Å². The Morgan fingerprint density at radius 2 is 2.33 bits per heavy atom. The van der Waals surface area contributed by atoms with Crippen LogP contribution in [0.3, 0.4) is 0 Å². The van der Waals surface area contributed by atoms with Gasteiger partial charge in [-0.2, -0.15) is 0 Å². The summed E-state index contributed by atoms with van der Waals surface area (Å²) in [6.45, 7) is 2.71. The predicted octanol–water partition coefficient (Wildman–Crippen LogP) is 1.11. The first-order chi connectivity index (χ1) is 8.56. The molecule has 5 nitrogen and oxygen atoms in total. The number of thiocarbonyl (C=S) groups is 1. The van der Waals surface area contributed by atoms with E-state index in [2.05, 4.69) is 4.98 Å². The van der Waals surface area contributed by atoms with Crippen molar-refractivity contribution in [2.45, 2.75) is 13.3 Å². The lowest BCUT2D eigenvalue weighted by atomic mass is 10.2. The van der Waals surface area contributed by atoms with Gasteiger partial charge in [0.25, 0.3) is 0 Å². The van der Waals surface area contributed by atoms with Gasteiger partial charge in [-0.1, -0.05) is 12.2 Å². The van der Waals surface area contributed by atoms with Gasteiger partial charge in [-0.3, -0.25) is 9.78 Å². The fourth-order valence-electron chi connectivity index (χ4n) is 1.51. The van der Waals surface area contributed by atoms with Crippen LogP contribution in [0.4, 0.5) is 5.69 Å². The van der Waals surface area contributed by atoms with Crippen LogP contribution in [0.15, 0.2) is 18.3 Å². The maximum Gasteiger partial charge on any atom is 0.307 e. The lowest BCUT2D eigenvalue weighted by molar-refractivity contribution is -0.142. The number of nitrogens with two attached hydrogens (primary N) is 1. The van der Waals surface area contributed by atoms with E-state index in [1.165, 1.54) is 0 Å². The highest BCUT2D eigenvalue weighted by atomic mass is 32.1. The molecule has 1 heterocycles. The minimum atomic E-state index is -0.217. The van der Waals surface area contributed by atoms with E-state index in [9.17, 15) is 4.79 Å². The van der Waals surface area contributed by atoms with Gasteiger partial charge >= 0.3 is 5.97 Å². The number of hydrogen-bond acceptors (Lipinski definition) is 5. The summed E-state index contributed by atoms with van der Waals surface area (Å²) in [7, 11) is 1.86. The number of carbonyl (C=O) groups is 1. The van der Waals surface area contributed by atoms with Crippen molar-refractivity contribution >= 4 is 28.9 Å². The van der Waals surface area contributed by atoms with Gasteiger partial charge in [-0.15, -0.1) is 0 Å². The maximum absolute atomic E-state index is 11.3. The van der Waals surface area contributed by atoms with Gasteiger partial charge in [0.15, 0.2) is 0 Å². The Morgan fingerprint density at radius 1 is 1.61 bits per heavy atom. The van der Waals surface area contributed by atoms with E-state index in [4.69, 9.17) is 22.7 Å². The third-order valence-electron chi connectivity index (χ3n) is 2.39. The molecule has 0 saturated carbocycles. The van der Waals surface area contributed by atoms with Gasteiger partial charge in [0.05, 0.1) is 18.7 Å². The second-order valence-electron chi connectivity index (χ2n) is 3.71. The quantitative estimate of drug-likeness (QED) is 0.615. The van der Waals surface area contributed by atoms with Crippen molar-refractivity contribution in [2.24, 2.45) is 5.73 Å². The molecule has 0 aliphatic carbocycles. The molecule has 0 aliphatic rings. The van der Waals surface area contributed by atoms with Crippen molar-refractivity contribution in [2.75, 3.05) is 25.1 Å². The summed E-state index contributed by atoms with van der Waals surface area (Å²) in [6, 6.07) is 3.67. The average molecular weight is 267 g/mol. The Kier molecular flexibility index (Phi) is 5.51. The number of anilines is 1. The first-order valence-electron chi connectivity index (χ1n) is 5.67. The molecule has 0 radical (unpaired) electrons. The van der Waals surface area contributed by atoms with Crippen LogP contribution in [0.1, 0.15) is 19.0 Å². The van der Waals surface area contributed by atoms with Crippen molar-refractivity contribution in [1.82, 2.24) is 4.98 Å². The number of pyridine rings is 1. The van der Waals surface area contributed by atoms with Crippen LogP contribution in [-0.4, -0.2) is 36.1 Å². The molecule has 1 rings (SSSR count). The van der Waals surface area contributed by atoms with Crippen LogP contribution in [-0.2, 0) is 9.53 Å². The Bertz CT molecular complexity index is 437. The van der Waals surface area contributed by atoms with E-state index in [0.29, 0.717) is 25.3 Å². The molecule has 2 N–H and O–H groups in total. The Morgan fingerprint density at radius 3 is 2.94 bits per heavy atom. The lowest BCUT2D eigenvalue weighted by Gasteiger charge is -2.20. The minimum Gasteiger partial charge on any atom is -0.466 e. The Hall–Kier alpha value is -1.69. The lowest BCUT2D eigenvalue weighted by Crippen LogP contribution is -2.25. The zero-order valence-corrected chi connectivity index (χ0v) is 11.4. The number of carbonyl (C=O) groups excluding carboxylic acids is 1. The molecule has 0 aromatic carbocycles. The molecule has 0 aliphatic heterocycles. The highest BCUT2D eigenvalue weighted by molar-refractivity contribution is 7.80. The van der Waals surface area contributed by atoms with Crippen LogP contribution < -0.4 is 10.6 Å². The van der Waals surface area contributed by atoms with E-state index in [0.717, 1.165) is 5.69 Å². The number of esters is 1. The standard InChI is InChI=1S/C12H17N3O2S/c1-3-17-10(16)6-8-15(2)9-5-4-7-14-11(9)12(13)18/h4-5,7H,3,6,8H2,1-2H3,(H2,13,18). The van der Waals surface area contributed by atoms with Crippen LogP contribution >= 0.6 is 12.2 Å². The summed E-state index contributed by atoms with van der Waals surface area (Å²) in [5, 5.41) is 0. The highest BCUT2D eigenvalue weighted by Gasteiger charge is 2.12. The van der Waals surface area contributed by atoms with Crippen molar-refractivity contribution in [1.29, 1.82) is 0 Å². The van der Waals surface area contributed by atoms with Crippen LogP contribution in [0.2, 0.25) is 0 Å². The van der Waals surface area contributed by atoms with E-state index in [-0.39, 0.29) is 11.0 Å². The number of hydrogen-bond donors (Lipinski definition) is 1.